The van der Waals surface area contributed by atoms with Gasteiger partial charge in [0.25, 0.3) is 0 Å². The van der Waals surface area contributed by atoms with Crippen LogP contribution < -0.4 is 0 Å². The summed E-state index contributed by atoms with van der Waals surface area (Å²) in [5, 5.41) is 9.64. The van der Waals surface area contributed by atoms with Crippen molar-refractivity contribution in [2.24, 2.45) is 0 Å². The Morgan fingerprint density at radius 3 is 2.92 bits per heavy atom. The van der Waals surface area contributed by atoms with Crippen LogP contribution in [0, 0.1) is 18.3 Å². The fourth-order valence-electron chi connectivity index (χ4n) is 1.25. The van der Waals surface area contributed by atoms with Crippen LogP contribution in [0.3, 0.4) is 0 Å². The first-order valence-corrected chi connectivity index (χ1v) is 3.91. The summed E-state index contributed by atoms with van der Waals surface area (Å²) in [5.41, 5.74) is 2.41. The van der Waals surface area contributed by atoms with Gasteiger partial charge in [-0.15, -0.1) is 0 Å². The quantitative estimate of drug-likeness (QED) is 0.603. The van der Waals surface area contributed by atoms with E-state index in [0.29, 0.717) is 5.56 Å². The first-order chi connectivity index (χ1) is 6.29. The van der Waals surface area contributed by atoms with Gasteiger partial charge in [-0.05, 0) is 36.8 Å². The molecular formula is C11H7N2. The second-order valence-corrected chi connectivity index (χ2v) is 2.86. The summed E-state index contributed by atoms with van der Waals surface area (Å²) >= 11 is 0. The van der Waals surface area contributed by atoms with Gasteiger partial charge in [-0.25, -0.2) is 0 Å². The second kappa shape index (κ2) is 2.87. The minimum Gasteiger partial charge on any atom is -0.256 e. The molecule has 1 radical (unpaired) electrons. The van der Waals surface area contributed by atoms with E-state index < -0.39 is 0 Å². The van der Waals surface area contributed by atoms with Crippen LogP contribution in [-0.2, 0) is 0 Å². The van der Waals surface area contributed by atoms with Crippen molar-refractivity contribution in [2.45, 2.75) is 0 Å². The first-order valence-electron chi connectivity index (χ1n) is 3.91. The zero-order valence-electron chi connectivity index (χ0n) is 6.99. The molecule has 0 fully saturated rings. The van der Waals surface area contributed by atoms with Gasteiger partial charge in [-0.1, -0.05) is 0 Å². The Balaban J connectivity index is 2.77. The predicted octanol–water partition coefficient (Wildman–Crippen LogP) is 2.29. The van der Waals surface area contributed by atoms with Crippen LogP contribution in [0.15, 0.2) is 30.5 Å². The summed E-state index contributed by atoms with van der Waals surface area (Å²) in [6, 6.07) is 9.43. The molecule has 2 rings (SSSR count). The van der Waals surface area contributed by atoms with E-state index in [4.69, 9.17) is 5.26 Å². The average Bonchev–Trinajstić information content (AvgIpc) is 2.16. The fourth-order valence-corrected chi connectivity index (χ4v) is 1.25. The lowest BCUT2D eigenvalue weighted by atomic mass is 10.1. The lowest BCUT2D eigenvalue weighted by molar-refractivity contribution is 1.38. The Morgan fingerprint density at radius 1 is 1.31 bits per heavy atom. The summed E-state index contributed by atoms with van der Waals surface area (Å²) in [4.78, 5) is 4.18. The van der Waals surface area contributed by atoms with Crippen molar-refractivity contribution in [1.29, 1.82) is 5.26 Å². The summed E-state index contributed by atoms with van der Waals surface area (Å²) in [6.45, 7) is 3.78. The third kappa shape index (κ3) is 1.36. The summed E-state index contributed by atoms with van der Waals surface area (Å²) < 4.78 is 0. The highest BCUT2D eigenvalue weighted by Crippen LogP contribution is 2.14. The molecule has 13 heavy (non-hydrogen) atoms. The van der Waals surface area contributed by atoms with Crippen molar-refractivity contribution in [3.63, 3.8) is 0 Å². The van der Waals surface area contributed by atoms with E-state index in [0.717, 1.165) is 16.5 Å². The second-order valence-electron chi connectivity index (χ2n) is 2.86. The van der Waals surface area contributed by atoms with Crippen molar-refractivity contribution in [3.8, 4) is 6.07 Å². The maximum Gasteiger partial charge on any atom is 0.0991 e. The van der Waals surface area contributed by atoms with E-state index in [1.165, 1.54) is 0 Å². The lowest BCUT2D eigenvalue weighted by Gasteiger charge is -1.97. The van der Waals surface area contributed by atoms with E-state index in [2.05, 4.69) is 18.0 Å². The highest BCUT2D eigenvalue weighted by Gasteiger charge is 1.96. The molecule has 0 spiro atoms. The Morgan fingerprint density at radius 2 is 2.15 bits per heavy atom. The van der Waals surface area contributed by atoms with Crippen LogP contribution in [0.4, 0.5) is 0 Å². The number of rotatable bonds is 0. The Kier molecular flexibility index (Phi) is 1.71. The number of pyridine rings is 1. The fraction of sp³-hybridized carbons (Fsp3) is 0. The average molecular weight is 167 g/mol. The van der Waals surface area contributed by atoms with Gasteiger partial charge in [0.1, 0.15) is 0 Å². The molecule has 2 heteroatoms. The summed E-state index contributed by atoms with van der Waals surface area (Å²) in [6.07, 6.45) is 1.72. The van der Waals surface area contributed by atoms with E-state index in [1.807, 2.05) is 18.2 Å². The molecule has 0 atom stereocenters. The lowest BCUT2D eigenvalue weighted by Crippen LogP contribution is -1.82. The van der Waals surface area contributed by atoms with Crippen molar-refractivity contribution in [3.05, 3.63) is 48.5 Å². The molecule has 1 heterocycles. The zero-order chi connectivity index (χ0) is 9.26. The SMILES string of the molecule is [CH2]c1cnc2ccc(C#N)cc2c1. The van der Waals surface area contributed by atoms with Crippen LogP contribution in [0.1, 0.15) is 11.1 Å². The number of fused-ring (bicyclic) bond motifs is 1. The van der Waals surface area contributed by atoms with E-state index in [9.17, 15) is 0 Å². The summed E-state index contributed by atoms with van der Waals surface area (Å²) in [5.74, 6) is 0. The van der Waals surface area contributed by atoms with E-state index in [1.54, 1.807) is 12.3 Å². The van der Waals surface area contributed by atoms with Gasteiger partial charge in [0.2, 0.25) is 0 Å². The molecule has 0 amide bonds. The van der Waals surface area contributed by atoms with Crippen molar-refractivity contribution in [1.82, 2.24) is 4.98 Å². The molecule has 2 aromatic rings. The van der Waals surface area contributed by atoms with Gasteiger partial charge in [-0.2, -0.15) is 5.26 Å². The number of hydrogen-bond acceptors (Lipinski definition) is 2. The monoisotopic (exact) mass is 167 g/mol. The molecule has 0 aliphatic rings. The van der Waals surface area contributed by atoms with Gasteiger partial charge in [0, 0.05) is 11.6 Å². The van der Waals surface area contributed by atoms with E-state index in [-0.39, 0.29) is 0 Å². The molecule has 2 nitrogen and oxygen atoms in total. The minimum absolute atomic E-state index is 0.653. The smallest absolute Gasteiger partial charge is 0.0991 e. The standard InChI is InChI=1S/C11H7N2/c1-8-4-10-5-9(6-12)2-3-11(10)13-7-8/h2-5,7H,1H2. The maximum absolute atomic E-state index is 8.68. The molecule has 0 N–H and O–H groups in total. The number of benzene rings is 1. The molecule has 0 aliphatic carbocycles. The van der Waals surface area contributed by atoms with Crippen LogP contribution in [0.5, 0.6) is 0 Å². The number of hydrogen-bond donors (Lipinski definition) is 0. The van der Waals surface area contributed by atoms with Gasteiger partial charge < -0.3 is 0 Å². The van der Waals surface area contributed by atoms with Crippen LogP contribution in [0.2, 0.25) is 0 Å². The van der Waals surface area contributed by atoms with Gasteiger partial charge in [-0.3, -0.25) is 4.98 Å². The van der Waals surface area contributed by atoms with Crippen LogP contribution >= 0.6 is 0 Å². The molecule has 0 saturated carbocycles. The highest BCUT2D eigenvalue weighted by molar-refractivity contribution is 5.80. The first kappa shape index (κ1) is 7.75. The molecule has 0 unspecified atom stereocenters. The van der Waals surface area contributed by atoms with Crippen LogP contribution in [0.25, 0.3) is 10.9 Å². The minimum atomic E-state index is 0.653. The normalized spacial score (nSPS) is 9.85. The number of nitriles is 1. The Hall–Kier alpha value is -1.88. The molecular weight excluding hydrogens is 160 g/mol. The summed E-state index contributed by atoms with van der Waals surface area (Å²) in [7, 11) is 0. The molecule has 0 aliphatic heterocycles. The third-order valence-electron chi connectivity index (χ3n) is 1.87. The number of aromatic nitrogens is 1. The Bertz CT molecular complexity index is 495. The molecule has 1 aromatic carbocycles. The third-order valence-corrected chi connectivity index (χ3v) is 1.87. The zero-order valence-corrected chi connectivity index (χ0v) is 6.99. The van der Waals surface area contributed by atoms with Gasteiger partial charge in [0.15, 0.2) is 0 Å². The van der Waals surface area contributed by atoms with Gasteiger partial charge in [0.05, 0.1) is 17.1 Å². The molecule has 0 bridgehead atoms. The number of nitrogens with zero attached hydrogens (tertiary/aromatic N) is 2. The molecule has 61 valence electrons. The van der Waals surface area contributed by atoms with Crippen molar-refractivity contribution >= 4 is 10.9 Å². The topological polar surface area (TPSA) is 36.7 Å². The van der Waals surface area contributed by atoms with Crippen LogP contribution in [-0.4, -0.2) is 4.98 Å². The van der Waals surface area contributed by atoms with Crippen molar-refractivity contribution < 1.29 is 0 Å². The largest absolute Gasteiger partial charge is 0.256 e. The Labute approximate surface area is 76.5 Å². The maximum atomic E-state index is 8.68. The predicted molar refractivity (Wildman–Crippen MR) is 50.9 cm³/mol. The molecule has 0 saturated heterocycles. The van der Waals surface area contributed by atoms with E-state index >= 15 is 0 Å². The highest BCUT2D eigenvalue weighted by atomic mass is 14.6. The van der Waals surface area contributed by atoms with Crippen molar-refractivity contribution in [2.75, 3.05) is 0 Å². The van der Waals surface area contributed by atoms with Gasteiger partial charge >= 0.3 is 0 Å². The molecule has 1 aromatic heterocycles.